The average molecular weight is 851 g/mol. The number of piperidine rings is 2. The van der Waals surface area contributed by atoms with E-state index in [4.69, 9.17) is 0 Å². The fourth-order valence-corrected chi connectivity index (χ4v) is 15.8. The van der Waals surface area contributed by atoms with Crippen LogP contribution in [0.25, 0.3) is 0 Å². The van der Waals surface area contributed by atoms with Gasteiger partial charge in [0.15, 0.2) is 23.3 Å². The van der Waals surface area contributed by atoms with Gasteiger partial charge in [-0.3, -0.25) is 9.59 Å². The maximum Gasteiger partial charge on any atom is 0.231 e. The highest BCUT2D eigenvalue weighted by Gasteiger charge is 2.64. The van der Waals surface area contributed by atoms with Crippen LogP contribution >= 0.6 is 0 Å². The van der Waals surface area contributed by atoms with Gasteiger partial charge in [-0.05, 0) is 138 Å². The van der Waals surface area contributed by atoms with E-state index in [0.717, 1.165) is 140 Å². The van der Waals surface area contributed by atoms with E-state index in [2.05, 4.69) is 19.8 Å². The number of hydrogen-bond donors (Lipinski definition) is 2. The molecule has 10 nitrogen and oxygen atoms in total. The molecule has 2 N–H and O–H groups in total. The van der Waals surface area contributed by atoms with Gasteiger partial charge in [0, 0.05) is 62.5 Å². The molecule has 2 spiro atoms. The first kappa shape index (κ1) is 41.5. The molecular formula is C47H62F4N6O4. The number of carbonyl (C=O) groups is 2. The normalized spacial score (nSPS) is 41.9. The molecule has 2 amide bonds. The van der Waals surface area contributed by atoms with Gasteiger partial charge in [-0.1, -0.05) is 7.43 Å². The highest BCUT2D eigenvalue weighted by Crippen LogP contribution is 2.61. The van der Waals surface area contributed by atoms with Crippen LogP contribution in [-0.4, -0.2) is 104 Å². The number of pyridine rings is 2. The second kappa shape index (κ2) is 14.8. The Balaban J connectivity index is 0.000000144. The summed E-state index contributed by atoms with van der Waals surface area (Å²) in [5, 5.41) is 21.2. The van der Waals surface area contributed by atoms with Crippen LogP contribution in [0, 0.1) is 69.6 Å². The summed E-state index contributed by atoms with van der Waals surface area (Å²) in [5.74, 6) is 0.644. The molecule has 4 aliphatic heterocycles. The summed E-state index contributed by atoms with van der Waals surface area (Å²) in [7, 11) is 0. The van der Waals surface area contributed by atoms with Crippen LogP contribution in [0.4, 0.5) is 29.2 Å². The number of halogens is 4. The molecule has 0 aromatic carbocycles. The summed E-state index contributed by atoms with van der Waals surface area (Å²) in [5.41, 5.74) is -1.17. The molecule has 8 saturated carbocycles. The van der Waals surface area contributed by atoms with Gasteiger partial charge in [-0.2, -0.15) is 0 Å². The molecule has 8 aliphatic carbocycles. The first-order chi connectivity index (χ1) is 28.8. The molecule has 2 aromatic rings. The van der Waals surface area contributed by atoms with Crippen molar-refractivity contribution in [2.24, 2.45) is 46.3 Å². The predicted molar refractivity (Wildman–Crippen MR) is 220 cm³/mol. The van der Waals surface area contributed by atoms with Crippen molar-refractivity contribution in [1.29, 1.82) is 0 Å². The molecule has 0 radical (unpaired) electrons. The molecule has 12 fully saturated rings. The first-order valence-electron chi connectivity index (χ1n) is 22.9. The molecule has 14 rings (SSSR count). The number of nitrogens with zero attached hydrogens (tertiary/aromatic N) is 6. The molecule has 332 valence electrons. The Hall–Kier alpha value is -3.52. The first-order valence-corrected chi connectivity index (χ1v) is 22.9. The van der Waals surface area contributed by atoms with Crippen molar-refractivity contribution >= 4 is 23.5 Å². The quantitative estimate of drug-likeness (QED) is 0.321. The standard InChI is InChI=1S/2C23H29F2N3O2.CH4/c2*24-17-8-18(25)20(26-12-17)27-4-1-2-22(13-27)3-5-28(21(22)30)23-9-14-6-15(10-23)19(29)16(7-14)11-23;/h2*8,12,14-16,19,29H,1-7,9-11,13H2;1H4. The Bertz CT molecular complexity index is 1900. The summed E-state index contributed by atoms with van der Waals surface area (Å²) in [6.07, 6.45) is 16.8. The summed E-state index contributed by atoms with van der Waals surface area (Å²) in [4.78, 5) is 43.7. The number of aromatic nitrogens is 2. The van der Waals surface area contributed by atoms with Gasteiger partial charge in [0.25, 0.3) is 0 Å². The van der Waals surface area contributed by atoms with E-state index in [9.17, 15) is 37.4 Å². The van der Waals surface area contributed by atoms with Crippen LogP contribution in [-0.2, 0) is 9.59 Å². The zero-order chi connectivity index (χ0) is 41.3. The number of aliphatic hydroxyl groups is 2. The Kier molecular flexibility index (Phi) is 10.0. The highest BCUT2D eigenvalue weighted by atomic mass is 19.1. The summed E-state index contributed by atoms with van der Waals surface area (Å²) >= 11 is 0. The Morgan fingerprint density at radius 3 is 1.30 bits per heavy atom. The number of aliphatic hydroxyl groups excluding tert-OH is 2. The molecule has 12 aliphatic rings. The zero-order valence-electron chi connectivity index (χ0n) is 34.4. The number of amides is 2. The van der Waals surface area contributed by atoms with Gasteiger partial charge < -0.3 is 29.8 Å². The molecule has 4 saturated heterocycles. The van der Waals surface area contributed by atoms with Crippen LogP contribution in [0.1, 0.15) is 110 Å². The van der Waals surface area contributed by atoms with Crippen LogP contribution in [0.2, 0.25) is 0 Å². The molecule has 61 heavy (non-hydrogen) atoms. The van der Waals surface area contributed by atoms with Crippen LogP contribution in [0.5, 0.6) is 0 Å². The van der Waals surface area contributed by atoms with Gasteiger partial charge in [-0.25, -0.2) is 27.5 Å². The summed E-state index contributed by atoms with van der Waals surface area (Å²) < 4.78 is 55.3. The van der Waals surface area contributed by atoms with E-state index >= 15 is 0 Å². The lowest BCUT2D eigenvalue weighted by molar-refractivity contribution is -0.168. The van der Waals surface area contributed by atoms with Crippen LogP contribution in [0.3, 0.4) is 0 Å². The Morgan fingerprint density at radius 2 is 0.934 bits per heavy atom. The second-order valence-electron chi connectivity index (χ2n) is 21.3. The third-order valence-corrected chi connectivity index (χ3v) is 17.9. The lowest BCUT2D eigenvalue weighted by atomic mass is 9.51. The predicted octanol–water partition coefficient (Wildman–Crippen LogP) is 6.87. The van der Waals surface area contributed by atoms with Crippen molar-refractivity contribution < 1.29 is 37.4 Å². The Labute approximate surface area is 356 Å². The fraction of sp³-hybridized carbons (Fsp3) is 0.745. The minimum Gasteiger partial charge on any atom is -0.393 e. The summed E-state index contributed by atoms with van der Waals surface area (Å²) in [6.45, 7) is 3.69. The molecule has 2 aromatic heterocycles. The van der Waals surface area contributed by atoms with E-state index in [1.807, 2.05) is 9.80 Å². The van der Waals surface area contributed by atoms with E-state index in [1.54, 1.807) is 0 Å². The number of rotatable bonds is 4. The van der Waals surface area contributed by atoms with Gasteiger partial charge in [-0.15, -0.1) is 0 Å². The molecular weight excluding hydrogens is 789 g/mol. The number of carbonyl (C=O) groups excluding carboxylic acids is 2. The number of hydrogen-bond acceptors (Lipinski definition) is 8. The maximum absolute atomic E-state index is 14.4. The highest BCUT2D eigenvalue weighted by molar-refractivity contribution is 5.87. The minimum absolute atomic E-state index is 0. The summed E-state index contributed by atoms with van der Waals surface area (Å²) in [6, 6.07) is 1.74. The van der Waals surface area contributed by atoms with Crippen molar-refractivity contribution in [1.82, 2.24) is 19.8 Å². The van der Waals surface area contributed by atoms with Crippen molar-refractivity contribution in [3.8, 4) is 0 Å². The van der Waals surface area contributed by atoms with Crippen molar-refractivity contribution in [3.05, 3.63) is 47.8 Å². The lowest BCUT2D eigenvalue weighted by Crippen LogP contribution is -2.65. The Morgan fingerprint density at radius 1 is 0.557 bits per heavy atom. The van der Waals surface area contributed by atoms with Gasteiger partial charge >= 0.3 is 0 Å². The van der Waals surface area contributed by atoms with E-state index in [1.165, 1.54) is 0 Å². The molecule has 6 atom stereocenters. The third kappa shape index (κ3) is 6.51. The molecule has 6 unspecified atom stereocenters. The molecule has 14 heteroatoms. The average Bonchev–Trinajstić information content (AvgIpc) is 3.70. The smallest absolute Gasteiger partial charge is 0.231 e. The van der Waals surface area contributed by atoms with E-state index < -0.39 is 34.1 Å². The van der Waals surface area contributed by atoms with Crippen molar-refractivity contribution in [2.45, 2.75) is 133 Å². The number of likely N-dealkylation sites (tertiary alicyclic amines) is 2. The fourth-order valence-electron chi connectivity index (χ4n) is 15.8. The zero-order valence-corrected chi connectivity index (χ0v) is 34.4. The van der Waals surface area contributed by atoms with Crippen LogP contribution < -0.4 is 9.80 Å². The lowest BCUT2D eigenvalue weighted by Gasteiger charge is -2.61. The SMILES string of the molecule is C.O=C1N(C23CC4CC(C2)C(O)C(C4)C3)CCC12CCCN(c1ncc(F)cc1F)C2.O=C1N(C23CC4CC(C2)C(O)C(C4)C3)CCC12CCCN(c1ncc(F)cc1F)C2. The topological polar surface area (TPSA) is 113 Å². The second-order valence-corrected chi connectivity index (χ2v) is 21.3. The number of anilines is 2. The van der Waals surface area contributed by atoms with Crippen LogP contribution in [0.15, 0.2) is 24.5 Å². The van der Waals surface area contributed by atoms with E-state index in [-0.39, 0.29) is 54.2 Å². The van der Waals surface area contributed by atoms with Gasteiger partial charge in [0.05, 0.1) is 35.4 Å². The van der Waals surface area contributed by atoms with Gasteiger partial charge in [0.2, 0.25) is 11.8 Å². The molecule has 8 bridgehead atoms. The van der Waals surface area contributed by atoms with E-state index in [0.29, 0.717) is 61.7 Å². The van der Waals surface area contributed by atoms with Crippen molar-refractivity contribution in [2.75, 3.05) is 49.1 Å². The third-order valence-electron chi connectivity index (χ3n) is 17.9. The monoisotopic (exact) mass is 850 g/mol. The largest absolute Gasteiger partial charge is 0.393 e. The van der Waals surface area contributed by atoms with Crippen molar-refractivity contribution in [3.63, 3.8) is 0 Å². The van der Waals surface area contributed by atoms with Gasteiger partial charge in [0.1, 0.15) is 11.6 Å². The maximum atomic E-state index is 14.4. The molecule has 6 heterocycles. The minimum atomic E-state index is -0.685.